The molecule has 1 fully saturated rings. The minimum Gasteiger partial charge on any atom is -0.335 e. The Bertz CT molecular complexity index is 238. The monoisotopic (exact) mass is 196 g/mol. The average molecular weight is 196 g/mol. The van der Waals surface area contributed by atoms with Crippen LogP contribution in [0.5, 0.6) is 0 Å². The molecule has 4 heteroatoms. The first kappa shape index (κ1) is 10.8. The molecule has 0 bridgehead atoms. The molecular formula is C10H16N2O2. The van der Waals surface area contributed by atoms with Gasteiger partial charge in [0.2, 0.25) is 11.8 Å². The number of hydrogen-bond acceptors (Lipinski definition) is 2. The first-order valence-electron chi connectivity index (χ1n) is 4.92. The van der Waals surface area contributed by atoms with Crippen LogP contribution in [0.4, 0.5) is 0 Å². The second-order valence-corrected chi connectivity index (χ2v) is 3.37. The van der Waals surface area contributed by atoms with Crippen molar-refractivity contribution in [1.29, 1.82) is 0 Å². The van der Waals surface area contributed by atoms with Crippen LogP contribution in [-0.2, 0) is 9.59 Å². The predicted molar refractivity (Wildman–Crippen MR) is 53.4 cm³/mol. The van der Waals surface area contributed by atoms with Gasteiger partial charge in [0.1, 0.15) is 0 Å². The van der Waals surface area contributed by atoms with E-state index in [9.17, 15) is 9.59 Å². The molecule has 1 aliphatic heterocycles. The predicted octanol–water partition coefficient (Wildman–Crippen LogP) is 0.649. The van der Waals surface area contributed by atoms with Crippen molar-refractivity contribution in [3.63, 3.8) is 0 Å². The van der Waals surface area contributed by atoms with Crippen molar-refractivity contribution in [2.75, 3.05) is 13.2 Å². The van der Waals surface area contributed by atoms with E-state index in [4.69, 9.17) is 0 Å². The normalized spacial score (nSPS) is 17.4. The maximum atomic E-state index is 11.5. The Hall–Kier alpha value is -1.32. The summed E-state index contributed by atoms with van der Waals surface area (Å²) in [5, 5.41) is 2.61. The molecule has 2 amide bonds. The second kappa shape index (κ2) is 5.42. The van der Waals surface area contributed by atoms with E-state index < -0.39 is 0 Å². The molecule has 14 heavy (non-hydrogen) atoms. The van der Waals surface area contributed by atoms with Crippen molar-refractivity contribution < 1.29 is 9.59 Å². The van der Waals surface area contributed by atoms with E-state index in [2.05, 4.69) is 11.9 Å². The Morgan fingerprint density at radius 2 is 2.29 bits per heavy atom. The van der Waals surface area contributed by atoms with Crippen LogP contribution in [0.15, 0.2) is 12.7 Å². The first-order chi connectivity index (χ1) is 6.74. The van der Waals surface area contributed by atoms with Crippen molar-refractivity contribution in [3.05, 3.63) is 12.7 Å². The van der Waals surface area contributed by atoms with Gasteiger partial charge in [-0.2, -0.15) is 0 Å². The summed E-state index contributed by atoms with van der Waals surface area (Å²) in [7, 11) is 0. The Morgan fingerprint density at radius 3 is 3.00 bits per heavy atom. The molecule has 0 aromatic rings. The number of nitrogens with zero attached hydrogens (tertiary/aromatic N) is 1. The Morgan fingerprint density at radius 1 is 1.50 bits per heavy atom. The molecule has 1 aliphatic rings. The zero-order valence-electron chi connectivity index (χ0n) is 8.29. The number of hydrogen-bond donors (Lipinski definition) is 1. The fourth-order valence-electron chi connectivity index (χ4n) is 1.45. The number of nitrogens with one attached hydrogen (secondary N) is 1. The van der Waals surface area contributed by atoms with Crippen LogP contribution in [0, 0.1) is 0 Å². The molecule has 0 aromatic heterocycles. The third-order valence-electron chi connectivity index (χ3n) is 2.30. The van der Waals surface area contributed by atoms with Gasteiger partial charge in [0, 0.05) is 13.0 Å². The van der Waals surface area contributed by atoms with E-state index >= 15 is 0 Å². The minimum atomic E-state index is -0.234. The lowest BCUT2D eigenvalue weighted by Gasteiger charge is -2.20. The fourth-order valence-corrected chi connectivity index (χ4v) is 1.45. The Kier molecular flexibility index (Phi) is 4.16. The number of amides is 2. The average Bonchev–Trinajstić information content (AvgIpc) is 2.39. The van der Waals surface area contributed by atoms with Gasteiger partial charge in [-0.05, 0) is 18.9 Å². The molecule has 1 heterocycles. The highest BCUT2D eigenvalue weighted by atomic mass is 16.2. The zero-order chi connectivity index (χ0) is 10.4. The summed E-state index contributed by atoms with van der Waals surface area (Å²) in [4.78, 5) is 24.0. The van der Waals surface area contributed by atoms with E-state index in [1.807, 2.05) is 0 Å². The van der Waals surface area contributed by atoms with Gasteiger partial charge in [-0.25, -0.2) is 0 Å². The number of carbonyl (C=O) groups is 2. The van der Waals surface area contributed by atoms with Crippen LogP contribution >= 0.6 is 0 Å². The van der Waals surface area contributed by atoms with Crippen LogP contribution in [0.25, 0.3) is 0 Å². The summed E-state index contributed by atoms with van der Waals surface area (Å²) in [5.41, 5.74) is 0. The lowest BCUT2D eigenvalue weighted by molar-refractivity contribution is -0.131. The van der Waals surface area contributed by atoms with Crippen molar-refractivity contribution in [3.8, 4) is 0 Å². The van der Waals surface area contributed by atoms with E-state index in [0.717, 1.165) is 25.8 Å². The summed E-state index contributed by atoms with van der Waals surface area (Å²) in [6.45, 7) is 4.40. The molecule has 0 radical (unpaired) electrons. The van der Waals surface area contributed by atoms with Gasteiger partial charge in [0.15, 0.2) is 0 Å². The van der Waals surface area contributed by atoms with E-state index in [1.54, 1.807) is 4.90 Å². The first-order valence-corrected chi connectivity index (χ1v) is 4.92. The van der Waals surface area contributed by atoms with Gasteiger partial charge >= 0.3 is 0 Å². The molecule has 0 unspecified atom stereocenters. The van der Waals surface area contributed by atoms with Crippen molar-refractivity contribution in [2.45, 2.75) is 25.7 Å². The van der Waals surface area contributed by atoms with Gasteiger partial charge in [0.25, 0.3) is 0 Å². The van der Waals surface area contributed by atoms with Crippen LogP contribution in [0.2, 0.25) is 0 Å². The zero-order valence-corrected chi connectivity index (χ0v) is 8.29. The largest absolute Gasteiger partial charge is 0.335 e. The smallest absolute Gasteiger partial charge is 0.244 e. The summed E-state index contributed by atoms with van der Waals surface area (Å²) in [6, 6.07) is 0. The molecule has 1 N–H and O–H groups in total. The van der Waals surface area contributed by atoms with Crippen molar-refractivity contribution in [1.82, 2.24) is 10.2 Å². The Balaban J connectivity index is 2.37. The SMILES string of the molecule is C=CC(=O)NCN1CCCCCC1=O. The molecule has 4 nitrogen and oxygen atoms in total. The maximum absolute atomic E-state index is 11.5. The second-order valence-electron chi connectivity index (χ2n) is 3.37. The topological polar surface area (TPSA) is 49.4 Å². The van der Waals surface area contributed by atoms with E-state index in [1.165, 1.54) is 6.08 Å². The van der Waals surface area contributed by atoms with Gasteiger partial charge in [0.05, 0.1) is 6.67 Å². The highest BCUT2D eigenvalue weighted by Gasteiger charge is 2.15. The quantitative estimate of drug-likeness (QED) is 0.674. The van der Waals surface area contributed by atoms with Crippen LogP contribution < -0.4 is 5.32 Å². The van der Waals surface area contributed by atoms with Gasteiger partial charge in [-0.1, -0.05) is 13.0 Å². The molecular weight excluding hydrogens is 180 g/mol. The summed E-state index contributed by atoms with van der Waals surface area (Å²) in [5.74, 6) is -0.103. The minimum absolute atomic E-state index is 0.131. The van der Waals surface area contributed by atoms with E-state index in [-0.39, 0.29) is 11.8 Å². The molecule has 78 valence electrons. The highest BCUT2D eigenvalue weighted by Crippen LogP contribution is 2.09. The lowest BCUT2D eigenvalue weighted by atomic mass is 10.2. The third kappa shape index (κ3) is 3.20. The molecule has 0 saturated carbocycles. The maximum Gasteiger partial charge on any atom is 0.244 e. The summed E-state index contributed by atoms with van der Waals surface area (Å²) < 4.78 is 0. The Labute approximate surface area is 84.0 Å². The highest BCUT2D eigenvalue weighted by molar-refractivity contribution is 5.87. The number of rotatable bonds is 3. The van der Waals surface area contributed by atoms with Crippen molar-refractivity contribution in [2.24, 2.45) is 0 Å². The van der Waals surface area contributed by atoms with Gasteiger partial charge < -0.3 is 10.2 Å². The molecule has 0 aliphatic carbocycles. The fraction of sp³-hybridized carbons (Fsp3) is 0.600. The van der Waals surface area contributed by atoms with Crippen molar-refractivity contribution >= 4 is 11.8 Å². The van der Waals surface area contributed by atoms with Gasteiger partial charge in [-0.3, -0.25) is 9.59 Å². The standard InChI is InChI=1S/C10H16N2O2/c1-2-9(13)11-8-12-7-5-3-4-6-10(12)14/h2H,1,3-8H2,(H,11,13). The lowest BCUT2D eigenvalue weighted by Crippen LogP contribution is -2.40. The third-order valence-corrected chi connectivity index (χ3v) is 2.30. The molecule has 0 atom stereocenters. The molecule has 0 aromatic carbocycles. The van der Waals surface area contributed by atoms with E-state index in [0.29, 0.717) is 13.1 Å². The molecule has 1 rings (SSSR count). The van der Waals surface area contributed by atoms with Crippen LogP contribution in [0.1, 0.15) is 25.7 Å². The van der Waals surface area contributed by atoms with Gasteiger partial charge in [-0.15, -0.1) is 0 Å². The molecule has 0 spiro atoms. The molecule has 1 saturated heterocycles. The van der Waals surface area contributed by atoms with Crippen LogP contribution in [-0.4, -0.2) is 29.9 Å². The summed E-state index contributed by atoms with van der Waals surface area (Å²) in [6.07, 6.45) is 4.89. The number of carbonyl (C=O) groups excluding carboxylic acids is 2. The summed E-state index contributed by atoms with van der Waals surface area (Å²) >= 11 is 0. The number of likely N-dealkylation sites (tertiary alicyclic amines) is 1. The van der Waals surface area contributed by atoms with Crippen LogP contribution in [0.3, 0.4) is 0 Å².